The third-order valence-corrected chi connectivity index (χ3v) is 13.1. The number of ether oxygens (including phenoxy) is 2. The third-order valence-electron chi connectivity index (χ3n) is 7.81. The normalized spacial score (nSPS) is 15.6. The molecule has 1 aromatic carbocycles. The molecular weight excluding hydrogens is 535 g/mol. The van der Waals surface area contributed by atoms with E-state index in [4.69, 9.17) is 13.9 Å². The number of thiazole rings is 1. The molecule has 0 spiro atoms. The van der Waals surface area contributed by atoms with Crippen LogP contribution in [0, 0.1) is 12.8 Å². The lowest BCUT2D eigenvalue weighted by Gasteiger charge is -2.37. The number of aryl methyl sites for hydroxylation is 1. The molecule has 0 N–H and O–H groups in total. The van der Waals surface area contributed by atoms with Gasteiger partial charge in [-0.2, -0.15) is 0 Å². The number of hydrogen-bond acceptors (Lipinski definition) is 6. The van der Waals surface area contributed by atoms with E-state index in [9.17, 15) is 4.79 Å². The standard InChI is InChI=1S/C33H51NO4SSi/c1-24(15-14-16-25(2)22-37-40(9,10)33(5,6)7)19-20-30(26(3)21-29-23-39-27(4)34-29)38-32(35)31(36-8)28-17-12-11-13-18-28/h11-13,17-19,21,23,25,30-31H,14-16,20,22H2,1-10H3/t25?,30?,31-/m1/s1. The van der Waals surface area contributed by atoms with Crippen LogP contribution in [0.5, 0.6) is 0 Å². The topological polar surface area (TPSA) is 57.7 Å². The van der Waals surface area contributed by atoms with Crippen molar-refractivity contribution in [2.24, 2.45) is 5.92 Å². The molecule has 5 nitrogen and oxygen atoms in total. The second kappa shape index (κ2) is 15.8. The van der Waals surface area contributed by atoms with Crippen molar-refractivity contribution in [1.29, 1.82) is 0 Å². The van der Waals surface area contributed by atoms with Crippen molar-refractivity contribution in [3.63, 3.8) is 0 Å². The van der Waals surface area contributed by atoms with Gasteiger partial charge < -0.3 is 13.9 Å². The van der Waals surface area contributed by atoms with Crippen molar-refractivity contribution in [3.05, 3.63) is 69.2 Å². The summed E-state index contributed by atoms with van der Waals surface area (Å²) in [4.78, 5) is 17.8. The molecule has 2 unspecified atom stereocenters. The van der Waals surface area contributed by atoms with Gasteiger partial charge in [-0.15, -0.1) is 11.3 Å². The molecule has 3 atom stereocenters. The van der Waals surface area contributed by atoms with Crippen molar-refractivity contribution >= 4 is 31.7 Å². The molecular formula is C33H51NO4SSi. The molecule has 1 aromatic heterocycles. The number of esters is 1. The van der Waals surface area contributed by atoms with E-state index >= 15 is 0 Å². The van der Waals surface area contributed by atoms with E-state index in [1.165, 1.54) is 12.7 Å². The number of benzene rings is 1. The number of allylic oxidation sites excluding steroid dienone is 1. The van der Waals surface area contributed by atoms with Crippen LogP contribution >= 0.6 is 11.3 Å². The van der Waals surface area contributed by atoms with Crippen LogP contribution in [0.3, 0.4) is 0 Å². The van der Waals surface area contributed by atoms with E-state index in [0.29, 0.717) is 12.3 Å². The summed E-state index contributed by atoms with van der Waals surface area (Å²) in [6, 6.07) is 9.48. The highest BCUT2D eigenvalue weighted by molar-refractivity contribution is 7.09. The number of nitrogens with zero attached hydrogens (tertiary/aromatic N) is 1. The van der Waals surface area contributed by atoms with Gasteiger partial charge in [0.25, 0.3) is 0 Å². The van der Waals surface area contributed by atoms with E-state index < -0.39 is 20.5 Å². The predicted octanol–water partition coefficient (Wildman–Crippen LogP) is 9.32. The molecule has 7 heteroatoms. The monoisotopic (exact) mass is 585 g/mol. The highest BCUT2D eigenvalue weighted by Gasteiger charge is 2.37. The molecule has 2 rings (SSSR count). The second-order valence-corrected chi connectivity index (χ2v) is 18.4. The zero-order valence-corrected chi connectivity index (χ0v) is 28.2. The Morgan fingerprint density at radius 3 is 2.40 bits per heavy atom. The Labute approximate surface area is 248 Å². The van der Waals surface area contributed by atoms with Crippen molar-refractivity contribution in [2.75, 3.05) is 13.7 Å². The van der Waals surface area contributed by atoms with E-state index in [-0.39, 0.29) is 11.0 Å². The van der Waals surface area contributed by atoms with Gasteiger partial charge in [-0.1, -0.05) is 69.7 Å². The summed E-state index contributed by atoms with van der Waals surface area (Å²) >= 11 is 1.61. The molecule has 0 radical (unpaired) electrons. The molecule has 1 heterocycles. The van der Waals surface area contributed by atoms with Gasteiger partial charge in [-0.3, -0.25) is 0 Å². The number of aromatic nitrogens is 1. The minimum Gasteiger partial charge on any atom is -0.455 e. The highest BCUT2D eigenvalue weighted by Crippen LogP contribution is 2.37. The average molecular weight is 586 g/mol. The van der Waals surface area contributed by atoms with E-state index in [2.05, 4.69) is 58.8 Å². The number of hydrogen-bond donors (Lipinski definition) is 0. The summed E-state index contributed by atoms with van der Waals surface area (Å²) in [5, 5.41) is 3.27. The molecule has 0 saturated heterocycles. The van der Waals surface area contributed by atoms with Gasteiger partial charge in [0.05, 0.1) is 10.7 Å². The Hall–Kier alpha value is -2.06. The van der Waals surface area contributed by atoms with Gasteiger partial charge in [0.15, 0.2) is 14.4 Å². The summed E-state index contributed by atoms with van der Waals surface area (Å²) in [5.74, 6) is 0.147. The van der Waals surface area contributed by atoms with Gasteiger partial charge in [0.2, 0.25) is 0 Å². The molecule has 222 valence electrons. The zero-order valence-electron chi connectivity index (χ0n) is 26.4. The van der Waals surface area contributed by atoms with Crippen molar-refractivity contribution in [2.45, 2.75) is 104 Å². The maximum absolute atomic E-state index is 13.2. The Morgan fingerprint density at radius 1 is 1.15 bits per heavy atom. The molecule has 0 aliphatic carbocycles. The molecule has 0 fully saturated rings. The quantitative estimate of drug-likeness (QED) is 0.118. The van der Waals surface area contributed by atoms with Gasteiger partial charge in [0.1, 0.15) is 6.10 Å². The van der Waals surface area contributed by atoms with E-state index in [0.717, 1.165) is 47.7 Å². The van der Waals surface area contributed by atoms with E-state index in [1.807, 2.05) is 55.6 Å². The van der Waals surface area contributed by atoms with Crippen LogP contribution in [0.4, 0.5) is 0 Å². The summed E-state index contributed by atoms with van der Waals surface area (Å²) < 4.78 is 18.0. The van der Waals surface area contributed by atoms with E-state index in [1.54, 1.807) is 11.3 Å². The maximum Gasteiger partial charge on any atom is 0.340 e. The molecule has 40 heavy (non-hydrogen) atoms. The predicted molar refractivity (Wildman–Crippen MR) is 171 cm³/mol. The molecule has 0 saturated carbocycles. The maximum atomic E-state index is 13.2. The Morgan fingerprint density at radius 2 is 1.82 bits per heavy atom. The molecule has 0 aliphatic heterocycles. The first-order valence-corrected chi connectivity index (χ1v) is 18.2. The van der Waals surface area contributed by atoms with Crippen LogP contribution in [0.15, 0.2) is 52.9 Å². The van der Waals surface area contributed by atoms with Crippen LogP contribution in [0.25, 0.3) is 6.08 Å². The van der Waals surface area contributed by atoms with Crippen LogP contribution in [0.1, 0.15) is 89.6 Å². The molecule has 0 amide bonds. The lowest BCUT2D eigenvalue weighted by Crippen LogP contribution is -2.41. The Balaban J connectivity index is 2.03. The Kier molecular flexibility index (Phi) is 13.5. The first-order chi connectivity index (χ1) is 18.7. The molecule has 0 bridgehead atoms. The molecule has 2 aromatic rings. The summed E-state index contributed by atoms with van der Waals surface area (Å²) in [7, 11) is -0.170. The summed E-state index contributed by atoms with van der Waals surface area (Å²) in [5.41, 5.74) is 3.94. The average Bonchev–Trinajstić information content (AvgIpc) is 3.29. The highest BCUT2D eigenvalue weighted by atomic mass is 32.1. The fraction of sp³-hybridized carbons (Fsp3) is 0.576. The SMILES string of the molecule is CO[C@@H](C(=O)OC(CC=C(C)CCCC(C)CO[Si](C)(C)C(C)(C)C)C(C)=Cc1csc(C)n1)c1ccccc1. The minimum absolute atomic E-state index is 0.237. The number of methoxy groups -OCH3 is 1. The van der Waals surface area contributed by atoms with Gasteiger partial charge in [-0.05, 0) is 81.3 Å². The fourth-order valence-corrected chi connectivity index (χ4v) is 5.79. The first kappa shape index (κ1) is 34.1. The fourth-order valence-electron chi connectivity index (χ4n) is 4.09. The summed E-state index contributed by atoms with van der Waals surface area (Å²) in [6.07, 6.45) is 6.93. The Bertz CT molecular complexity index is 1120. The lowest BCUT2D eigenvalue weighted by atomic mass is 10.00. The lowest BCUT2D eigenvalue weighted by molar-refractivity contribution is -0.159. The third kappa shape index (κ3) is 11.1. The molecule has 0 aliphatic rings. The second-order valence-electron chi connectivity index (χ2n) is 12.5. The van der Waals surface area contributed by atoms with Crippen molar-refractivity contribution in [3.8, 4) is 0 Å². The van der Waals surface area contributed by atoms with Crippen LogP contribution in [-0.2, 0) is 18.7 Å². The first-order valence-electron chi connectivity index (χ1n) is 14.4. The van der Waals surface area contributed by atoms with Crippen LogP contribution in [-0.4, -0.2) is 39.1 Å². The van der Waals surface area contributed by atoms with Gasteiger partial charge >= 0.3 is 5.97 Å². The van der Waals surface area contributed by atoms with Crippen molar-refractivity contribution < 1.29 is 18.7 Å². The largest absolute Gasteiger partial charge is 0.455 e. The van der Waals surface area contributed by atoms with Gasteiger partial charge in [-0.25, -0.2) is 9.78 Å². The van der Waals surface area contributed by atoms with Gasteiger partial charge in [0, 0.05) is 25.5 Å². The number of carbonyl (C=O) groups is 1. The number of rotatable bonds is 15. The smallest absolute Gasteiger partial charge is 0.340 e. The number of carbonyl (C=O) groups excluding carboxylic acids is 1. The summed E-state index contributed by atoms with van der Waals surface area (Å²) in [6.45, 7) is 20.8. The van der Waals surface area contributed by atoms with Crippen LogP contribution < -0.4 is 0 Å². The van der Waals surface area contributed by atoms with Crippen molar-refractivity contribution in [1.82, 2.24) is 4.98 Å². The van der Waals surface area contributed by atoms with Crippen LogP contribution in [0.2, 0.25) is 18.1 Å². The minimum atomic E-state index is -1.71. The zero-order chi connectivity index (χ0) is 29.9.